The Labute approximate surface area is 130 Å². The van der Waals surface area contributed by atoms with Gasteiger partial charge in [0, 0.05) is 25.6 Å². The molecule has 3 heterocycles. The Morgan fingerprint density at radius 2 is 2.05 bits per heavy atom. The maximum atomic E-state index is 12.6. The number of aryl methyl sites for hydroxylation is 1. The average Bonchev–Trinajstić information content (AvgIpc) is 2.55. The highest BCUT2D eigenvalue weighted by atomic mass is 16.4. The molecule has 120 valence electrons. The van der Waals surface area contributed by atoms with Crippen LogP contribution in [0.15, 0.2) is 15.3 Å². The van der Waals surface area contributed by atoms with E-state index in [-0.39, 0.29) is 17.4 Å². The third-order valence-electron chi connectivity index (χ3n) is 4.72. The number of rotatable bonds is 2. The van der Waals surface area contributed by atoms with Crippen LogP contribution in [0, 0.1) is 6.92 Å². The molecular weight excluding hydrogens is 280 g/mol. The summed E-state index contributed by atoms with van der Waals surface area (Å²) in [7, 11) is 0. The molecule has 1 unspecified atom stereocenters. The van der Waals surface area contributed by atoms with Gasteiger partial charge in [-0.15, -0.1) is 0 Å². The zero-order chi connectivity index (χ0) is 15.5. The van der Waals surface area contributed by atoms with E-state index in [1.165, 1.54) is 0 Å². The molecule has 3 rings (SSSR count). The van der Waals surface area contributed by atoms with Crippen molar-refractivity contribution in [3.8, 4) is 0 Å². The molecule has 2 aliphatic heterocycles. The van der Waals surface area contributed by atoms with Crippen molar-refractivity contribution in [2.24, 2.45) is 0 Å². The Morgan fingerprint density at radius 3 is 2.68 bits per heavy atom. The molecular formula is C17H24N2O3. The average molecular weight is 304 g/mol. The van der Waals surface area contributed by atoms with E-state index in [0.29, 0.717) is 5.76 Å². The van der Waals surface area contributed by atoms with Gasteiger partial charge in [0.05, 0.1) is 0 Å². The number of carbonyl (C=O) groups is 1. The van der Waals surface area contributed by atoms with E-state index >= 15 is 0 Å². The molecule has 0 saturated carbocycles. The standard InChI is InChI=1S/C17H24N2O3/c1-12-10-14(13-6-5-7-18-11-13)22-17(21)15(12)16(20)19-8-3-2-4-9-19/h10,13,18H,2-9,11H2,1H3. The minimum Gasteiger partial charge on any atom is -0.427 e. The number of piperidine rings is 2. The second-order valence-electron chi connectivity index (χ2n) is 6.39. The Kier molecular flexibility index (Phi) is 4.62. The summed E-state index contributed by atoms with van der Waals surface area (Å²) in [4.78, 5) is 26.7. The Balaban J connectivity index is 1.86. The highest BCUT2D eigenvalue weighted by molar-refractivity contribution is 5.95. The van der Waals surface area contributed by atoms with Crippen molar-refractivity contribution in [3.05, 3.63) is 33.4 Å². The molecule has 0 spiro atoms. The summed E-state index contributed by atoms with van der Waals surface area (Å²) in [6, 6.07) is 1.89. The molecule has 0 bridgehead atoms. The molecule has 1 N–H and O–H groups in total. The van der Waals surface area contributed by atoms with Gasteiger partial charge < -0.3 is 14.6 Å². The smallest absolute Gasteiger partial charge is 0.349 e. The summed E-state index contributed by atoms with van der Waals surface area (Å²) < 4.78 is 5.50. The van der Waals surface area contributed by atoms with Crippen molar-refractivity contribution >= 4 is 5.91 Å². The highest BCUT2D eigenvalue weighted by Crippen LogP contribution is 2.24. The van der Waals surface area contributed by atoms with Crippen LogP contribution in [0.5, 0.6) is 0 Å². The van der Waals surface area contributed by atoms with Crippen molar-refractivity contribution < 1.29 is 9.21 Å². The van der Waals surface area contributed by atoms with Crippen LogP contribution in [-0.4, -0.2) is 37.0 Å². The van der Waals surface area contributed by atoms with Gasteiger partial charge in [0.15, 0.2) is 0 Å². The summed E-state index contributed by atoms with van der Waals surface area (Å²) in [5.41, 5.74) is 0.484. The van der Waals surface area contributed by atoms with Crippen LogP contribution >= 0.6 is 0 Å². The van der Waals surface area contributed by atoms with E-state index < -0.39 is 5.63 Å². The first kappa shape index (κ1) is 15.3. The lowest BCUT2D eigenvalue weighted by Crippen LogP contribution is -2.38. The molecule has 0 aromatic carbocycles. The van der Waals surface area contributed by atoms with E-state index in [4.69, 9.17) is 4.42 Å². The summed E-state index contributed by atoms with van der Waals surface area (Å²) in [6.07, 6.45) is 5.30. The molecule has 5 nitrogen and oxygen atoms in total. The molecule has 1 aromatic rings. The van der Waals surface area contributed by atoms with E-state index in [0.717, 1.165) is 63.8 Å². The van der Waals surface area contributed by atoms with E-state index in [1.54, 1.807) is 4.90 Å². The predicted octanol–water partition coefficient (Wildman–Crippen LogP) is 2.04. The Hall–Kier alpha value is -1.62. The largest absolute Gasteiger partial charge is 0.427 e. The maximum absolute atomic E-state index is 12.6. The first-order chi connectivity index (χ1) is 10.7. The third-order valence-corrected chi connectivity index (χ3v) is 4.72. The van der Waals surface area contributed by atoms with Crippen LogP contribution in [0.3, 0.4) is 0 Å². The van der Waals surface area contributed by atoms with Crippen molar-refractivity contribution in [3.63, 3.8) is 0 Å². The van der Waals surface area contributed by atoms with Gasteiger partial charge in [-0.1, -0.05) is 0 Å². The number of nitrogens with zero attached hydrogens (tertiary/aromatic N) is 1. The zero-order valence-corrected chi connectivity index (χ0v) is 13.2. The zero-order valence-electron chi connectivity index (χ0n) is 13.2. The predicted molar refractivity (Wildman–Crippen MR) is 84.3 cm³/mol. The molecule has 2 aliphatic rings. The van der Waals surface area contributed by atoms with E-state index in [9.17, 15) is 9.59 Å². The fourth-order valence-electron chi connectivity index (χ4n) is 3.44. The van der Waals surface area contributed by atoms with Crippen LogP contribution in [0.4, 0.5) is 0 Å². The van der Waals surface area contributed by atoms with Crippen LogP contribution in [0.2, 0.25) is 0 Å². The number of carbonyl (C=O) groups excluding carboxylic acids is 1. The second-order valence-corrected chi connectivity index (χ2v) is 6.39. The molecule has 1 atom stereocenters. The SMILES string of the molecule is Cc1cc(C2CCCNC2)oc(=O)c1C(=O)N1CCCCC1. The molecule has 1 amide bonds. The van der Waals surface area contributed by atoms with Gasteiger partial charge >= 0.3 is 5.63 Å². The number of nitrogens with one attached hydrogen (secondary N) is 1. The summed E-state index contributed by atoms with van der Waals surface area (Å²) in [5, 5.41) is 3.32. The Bertz CT molecular complexity index is 596. The lowest BCUT2D eigenvalue weighted by atomic mass is 9.95. The normalized spacial score (nSPS) is 22.6. The molecule has 1 aromatic heterocycles. The number of amides is 1. The summed E-state index contributed by atoms with van der Waals surface area (Å²) in [5.74, 6) is 0.781. The van der Waals surface area contributed by atoms with Gasteiger partial charge in [-0.05, 0) is 57.2 Å². The Morgan fingerprint density at radius 1 is 1.27 bits per heavy atom. The van der Waals surface area contributed by atoms with Crippen LogP contribution in [0.1, 0.15) is 59.7 Å². The van der Waals surface area contributed by atoms with E-state index in [2.05, 4.69) is 5.32 Å². The van der Waals surface area contributed by atoms with Crippen molar-refractivity contribution in [1.29, 1.82) is 0 Å². The monoisotopic (exact) mass is 304 g/mol. The maximum Gasteiger partial charge on any atom is 0.349 e. The van der Waals surface area contributed by atoms with Crippen molar-refractivity contribution in [2.75, 3.05) is 26.2 Å². The van der Waals surface area contributed by atoms with Gasteiger partial charge in [0.1, 0.15) is 11.3 Å². The molecule has 2 saturated heterocycles. The molecule has 2 fully saturated rings. The van der Waals surface area contributed by atoms with Crippen LogP contribution < -0.4 is 10.9 Å². The quantitative estimate of drug-likeness (QED) is 0.908. The topological polar surface area (TPSA) is 62.6 Å². The minimum absolute atomic E-state index is 0.167. The van der Waals surface area contributed by atoms with Crippen LogP contribution in [-0.2, 0) is 0 Å². The van der Waals surface area contributed by atoms with E-state index in [1.807, 2.05) is 13.0 Å². The molecule has 22 heavy (non-hydrogen) atoms. The second kappa shape index (κ2) is 6.65. The molecule has 0 radical (unpaired) electrons. The summed E-state index contributed by atoms with van der Waals surface area (Å²) >= 11 is 0. The van der Waals surface area contributed by atoms with Crippen molar-refractivity contribution in [2.45, 2.75) is 44.9 Å². The summed E-state index contributed by atoms with van der Waals surface area (Å²) in [6.45, 7) is 5.18. The number of hydrogen-bond acceptors (Lipinski definition) is 4. The van der Waals surface area contributed by atoms with Crippen LogP contribution in [0.25, 0.3) is 0 Å². The number of hydrogen-bond donors (Lipinski definition) is 1. The van der Waals surface area contributed by atoms with Gasteiger partial charge in [0.25, 0.3) is 5.91 Å². The van der Waals surface area contributed by atoms with Crippen molar-refractivity contribution in [1.82, 2.24) is 10.2 Å². The minimum atomic E-state index is -0.476. The van der Waals surface area contributed by atoms with Gasteiger partial charge in [-0.25, -0.2) is 4.79 Å². The molecule has 0 aliphatic carbocycles. The first-order valence-corrected chi connectivity index (χ1v) is 8.31. The fourth-order valence-corrected chi connectivity index (χ4v) is 3.44. The molecule has 5 heteroatoms. The first-order valence-electron chi connectivity index (χ1n) is 8.31. The fraction of sp³-hybridized carbons (Fsp3) is 0.647. The lowest BCUT2D eigenvalue weighted by molar-refractivity contribution is 0.0718. The highest BCUT2D eigenvalue weighted by Gasteiger charge is 2.26. The van der Waals surface area contributed by atoms with Gasteiger partial charge in [0.2, 0.25) is 0 Å². The number of likely N-dealkylation sites (tertiary alicyclic amines) is 1. The lowest BCUT2D eigenvalue weighted by Gasteiger charge is -2.27. The third kappa shape index (κ3) is 3.09. The van der Waals surface area contributed by atoms with Gasteiger partial charge in [-0.3, -0.25) is 4.79 Å². The van der Waals surface area contributed by atoms with Gasteiger partial charge in [-0.2, -0.15) is 0 Å².